The molecule has 0 saturated carbocycles. The Hall–Kier alpha value is -0.830. The zero-order valence-corrected chi connectivity index (χ0v) is 11.5. The van der Waals surface area contributed by atoms with E-state index in [1.54, 1.807) is 6.92 Å². The van der Waals surface area contributed by atoms with Crippen molar-refractivity contribution in [2.45, 2.75) is 53.1 Å². The summed E-state index contributed by atoms with van der Waals surface area (Å²) in [6.45, 7) is 11.6. The number of rotatable bonds is 8. The highest BCUT2D eigenvalue weighted by molar-refractivity contribution is 5.87. The minimum atomic E-state index is -0.313. The van der Waals surface area contributed by atoms with Crippen LogP contribution in [0, 0.1) is 11.8 Å². The van der Waals surface area contributed by atoms with Crippen molar-refractivity contribution in [2.75, 3.05) is 6.61 Å². The van der Waals surface area contributed by atoms with Crippen LogP contribution in [-0.4, -0.2) is 23.8 Å². The number of aliphatic hydroxyl groups is 1. The summed E-state index contributed by atoms with van der Waals surface area (Å²) in [7, 11) is 0. The Kier molecular flexibility index (Phi) is 7.88. The Morgan fingerprint density at radius 2 is 1.88 bits per heavy atom. The van der Waals surface area contributed by atoms with E-state index >= 15 is 0 Å². The molecule has 0 aliphatic rings. The molecule has 0 aliphatic carbocycles. The highest BCUT2D eigenvalue weighted by Crippen LogP contribution is 2.17. The number of hydrogen-bond acceptors (Lipinski definition) is 3. The second-order valence-electron chi connectivity index (χ2n) is 5.30. The molecule has 1 N–H and O–H groups in total. The number of carbonyl (C=O) groups is 1. The summed E-state index contributed by atoms with van der Waals surface area (Å²) < 4.78 is 5.40. The molecule has 100 valence electrons. The first-order valence-corrected chi connectivity index (χ1v) is 6.34. The van der Waals surface area contributed by atoms with Gasteiger partial charge in [-0.1, -0.05) is 27.4 Å². The lowest BCUT2D eigenvalue weighted by atomic mass is 9.98. The molecule has 0 aliphatic heterocycles. The van der Waals surface area contributed by atoms with Crippen molar-refractivity contribution in [3.63, 3.8) is 0 Å². The molecule has 0 aromatic heterocycles. The first kappa shape index (κ1) is 16.2. The van der Waals surface area contributed by atoms with Crippen LogP contribution in [0.3, 0.4) is 0 Å². The first-order chi connectivity index (χ1) is 7.86. The molecule has 0 aromatic rings. The highest BCUT2D eigenvalue weighted by atomic mass is 16.5. The van der Waals surface area contributed by atoms with Crippen molar-refractivity contribution in [1.82, 2.24) is 0 Å². The van der Waals surface area contributed by atoms with E-state index in [0.717, 1.165) is 19.3 Å². The normalized spacial score (nSPS) is 14.5. The van der Waals surface area contributed by atoms with Crippen molar-refractivity contribution in [2.24, 2.45) is 11.8 Å². The van der Waals surface area contributed by atoms with Gasteiger partial charge in [0.25, 0.3) is 0 Å². The summed E-state index contributed by atoms with van der Waals surface area (Å²) >= 11 is 0. The molecule has 0 heterocycles. The van der Waals surface area contributed by atoms with Crippen molar-refractivity contribution in [1.29, 1.82) is 0 Å². The SMILES string of the molecule is C=C(C)C(=O)OC(CCC(C)CO)CC(C)C. The molecule has 0 rings (SSSR count). The summed E-state index contributed by atoms with van der Waals surface area (Å²) in [6.07, 6.45) is 2.47. The molecule has 0 spiro atoms. The van der Waals surface area contributed by atoms with Crippen LogP contribution < -0.4 is 0 Å². The van der Waals surface area contributed by atoms with Crippen LogP contribution in [0.1, 0.15) is 47.0 Å². The number of esters is 1. The quantitative estimate of drug-likeness (QED) is 0.526. The lowest BCUT2D eigenvalue weighted by molar-refractivity contribution is -0.145. The van der Waals surface area contributed by atoms with Gasteiger partial charge in [0.1, 0.15) is 6.10 Å². The number of ether oxygens (including phenoxy) is 1. The maximum Gasteiger partial charge on any atom is 0.333 e. The third-order valence-corrected chi connectivity index (χ3v) is 2.65. The maximum absolute atomic E-state index is 11.5. The minimum absolute atomic E-state index is 0.0619. The van der Waals surface area contributed by atoms with Gasteiger partial charge < -0.3 is 9.84 Å². The van der Waals surface area contributed by atoms with Crippen LogP contribution in [0.5, 0.6) is 0 Å². The van der Waals surface area contributed by atoms with Crippen LogP contribution in [-0.2, 0) is 9.53 Å². The maximum atomic E-state index is 11.5. The Balaban J connectivity index is 4.23. The third kappa shape index (κ3) is 7.97. The predicted octanol–water partition coefficient (Wildman–Crippen LogP) is 2.93. The van der Waals surface area contributed by atoms with Gasteiger partial charge in [-0.05, 0) is 38.0 Å². The third-order valence-electron chi connectivity index (χ3n) is 2.65. The largest absolute Gasteiger partial charge is 0.459 e. The van der Waals surface area contributed by atoms with Crippen molar-refractivity contribution >= 4 is 5.97 Å². The number of aliphatic hydroxyl groups excluding tert-OH is 1. The van der Waals surface area contributed by atoms with Crippen molar-refractivity contribution < 1.29 is 14.6 Å². The molecular formula is C14H26O3. The fraction of sp³-hybridized carbons (Fsp3) is 0.786. The second-order valence-corrected chi connectivity index (χ2v) is 5.30. The molecular weight excluding hydrogens is 216 g/mol. The van der Waals surface area contributed by atoms with Crippen LogP contribution in [0.15, 0.2) is 12.2 Å². The molecule has 2 unspecified atom stereocenters. The average molecular weight is 242 g/mol. The Morgan fingerprint density at radius 1 is 1.29 bits per heavy atom. The fourth-order valence-corrected chi connectivity index (χ4v) is 1.56. The zero-order chi connectivity index (χ0) is 13.4. The Morgan fingerprint density at radius 3 is 2.29 bits per heavy atom. The van der Waals surface area contributed by atoms with Gasteiger partial charge in [-0.3, -0.25) is 0 Å². The van der Waals surface area contributed by atoms with Gasteiger partial charge in [-0.2, -0.15) is 0 Å². The van der Waals surface area contributed by atoms with E-state index in [0.29, 0.717) is 11.5 Å². The lowest BCUT2D eigenvalue weighted by Crippen LogP contribution is -2.21. The number of carbonyl (C=O) groups excluding carboxylic acids is 1. The molecule has 0 aromatic carbocycles. The second kappa shape index (κ2) is 8.29. The molecule has 0 radical (unpaired) electrons. The highest BCUT2D eigenvalue weighted by Gasteiger charge is 2.17. The molecule has 3 heteroatoms. The summed E-state index contributed by atoms with van der Waals surface area (Å²) in [6, 6.07) is 0. The Bertz CT molecular complexity index is 246. The Labute approximate surface area is 105 Å². The van der Waals surface area contributed by atoms with E-state index in [2.05, 4.69) is 20.4 Å². The standard InChI is InChI=1S/C14H26O3/c1-10(2)8-13(7-6-12(5)9-15)17-14(16)11(3)4/h10,12-13,15H,3,6-9H2,1-2,4-5H3. The van der Waals surface area contributed by atoms with Gasteiger partial charge in [0.15, 0.2) is 0 Å². The summed E-state index contributed by atoms with van der Waals surface area (Å²) in [4.78, 5) is 11.5. The number of hydrogen-bond donors (Lipinski definition) is 1. The van der Waals surface area contributed by atoms with Gasteiger partial charge in [0.05, 0.1) is 0 Å². The topological polar surface area (TPSA) is 46.5 Å². The lowest BCUT2D eigenvalue weighted by Gasteiger charge is -2.21. The molecule has 0 bridgehead atoms. The van der Waals surface area contributed by atoms with Crippen molar-refractivity contribution in [3.05, 3.63) is 12.2 Å². The van der Waals surface area contributed by atoms with Gasteiger partial charge in [-0.25, -0.2) is 4.79 Å². The smallest absolute Gasteiger partial charge is 0.333 e. The summed E-state index contributed by atoms with van der Waals surface area (Å²) in [5.41, 5.74) is 0.439. The molecule has 0 saturated heterocycles. The molecule has 3 nitrogen and oxygen atoms in total. The van der Waals surface area contributed by atoms with Gasteiger partial charge in [0.2, 0.25) is 0 Å². The van der Waals surface area contributed by atoms with E-state index in [9.17, 15) is 4.79 Å². The van der Waals surface area contributed by atoms with Crippen molar-refractivity contribution in [3.8, 4) is 0 Å². The minimum Gasteiger partial charge on any atom is -0.459 e. The van der Waals surface area contributed by atoms with E-state index < -0.39 is 0 Å². The van der Waals surface area contributed by atoms with E-state index in [4.69, 9.17) is 9.84 Å². The fourth-order valence-electron chi connectivity index (χ4n) is 1.56. The van der Waals surface area contributed by atoms with Crippen LogP contribution in [0.2, 0.25) is 0 Å². The molecule has 0 amide bonds. The van der Waals surface area contributed by atoms with Crippen LogP contribution >= 0.6 is 0 Å². The van der Waals surface area contributed by atoms with E-state index in [1.807, 2.05) is 6.92 Å². The molecule has 2 atom stereocenters. The van der Waals surface area contributed by atoms with Crippen LogP contribution in [0.25, 0.3) is 0 Å². The van der Waals surface area contributed by atoms with E-state index in [1.165, 1.54) is 0 Å². The van der Waals surface area contributed by atoms with Gasteiger partial charge in [-0.15, -0.1) is 0 Å². The van der Waals surface area contributed by atoms with Gasteiger partial charge >= 0.3 is 5.97 Å². The molecule has 17 heavy (non-hydrogen) atoms. The summed E-state index contributed by atoms with van der Waals surface area (Å²) in [5, 5.41) is 8.98. The van der Waals surface area contributed by atoms with E-state index in [-0.39, 0.29) is 24.6 Å². The first-order valence-electron chi connectivity index (χ1n) is 6.34. The monoisotopic (exact) mass is 242 g/mol. The predicted molar refractivity (Wildman–Crippen MR) is 69.6 cm³/mol. The van der Waals surface area contributed by atoms with Gasteiger partial charge in [0, 0.05) is 12.2 Å². The average Bonchev–Trinajstić information content (AvgIpc) is 2.24. The summed E-state index contributed by atoms with van der Waals surface area (Å²) in [5.74, 6) is 0.433. The molecule has 0 fully saturated rings. The van der Waals surface area contributed by atoms with Crippen LogP contribution in [0.4, 0.5) is 0 Å². The zero-order valence-electron chi connectivity index (χ0n) is 11.5.